The van der Waals surface area contributed by atoms with E-state index in [4.69, 9.17) is 0 Å². The Morgan fingerprint density at radius 2 is 2.14 bits per heavy atom. The molecule has 0 fully saturated rings. The highest BCUT2D eigenvalue weighted by Gasteiger charge is 2.19. The minimum Gasteiger partial charge on any atom is -0.364 e. The third-order valence-corrected chi connectivity index (χ3v) is 2.28. The van der Waals surface area contributed by atoms with E-state index in [0.29, 0.717) is 0 Å². The monoisotopic (exact) mass is 193 g/mol. The molecule has 14 heavy (non-hydrogen) atoms. The van der Waals surface area contributed by atoms with Gasteiger partial charge in [0.05, 0.1) is 22.5 Å². The lowest BCUT2D eigenvalue weighted by Gasteiger charge is -2.07. The minimum absolute atomic E-state index is 0.120. The fourth-order valence-corrected chi connectivity index (χ4v) is 1.51. The van der Waals surface area contributed by atoms with Gasteiger partial charge in [-0.1, -0.05) is 6.92 Å². The average Bonchev–Trinajstić information content (AvgIpc) is 2.58. The summed E-state index contributed by atoms with van der Waals surface area (Å²) in [6.45, 7) is 2.05. The number of nitro groups is 1. The first-order valence-electron chi connectivity index (χ1n) is 4.52. The Balaban J connectivity index is 2.31. The maximum Gasteiger partial charge on any atom is 0.271 e. The topological polar surface area (TPSA) is 67.2 Å². The molecule has 2 N–H and O–H groups in total. The van der Waals surface area contributed by atoms with Gasteiger partial charge in [-0.25, -0.2) is 0 Å². The zero-order valence-electron chi connectivity index (χ0n) is 7.78. The maximum absolute atomic E-state index is 10.5. The summed E-state index contributed by atoms with van der Waals surface area (Å²) < 4.78 is 0. The molecule has 1 aliphatic heterocycles. The fraction of sp³-hybridized carbons (Fsp3) is 0.333. The quantitative estimate of drug-likeness (QED) is 0.558. The van der Waals surface area contributed by atoms with Crippen LogP contribution >= 0.6 is 0 Å². The molecule has 5 heteroatoms. The predicted octanol–water partition coefficient (Wildman–Crippen LogP) is 2.17. The first kappa shape index (κ1) is 8.80. The highest BCUT2D eigenvalue weighted by atomic mass is 16.6. The SMILES string of the molecule is CCC1Nc2ccc([N+](=O)[O-])cc2N1. The van der Waals surface area contributed by atoms with Crippen molar-refractivity contribution in [1.29, 1.82) is 0 Å². The van der Waals surface area contributed by atoms with E-state index < -0.39 is 0 Å². The second kappa shape index (κ2) is 3.17. The van der Waals surface area contributed by atoms with Crippen LogP contribution in [0.4, 0.5) is 17.1 Å². The number of nitro benzene ring substituents is 1. The first-order valence-corrected chi connectivity index (χ1v) is 4.52. The second-order valence-electron chi connectivity index (χ2n) is 3.24. The molecular formula is C9H11N3O2. The third kappa shape index (κ3) is 1.37. The summed E-state index contributed by atoms with van der Waals surface area (Å²) in [4.78, 5) is 10.1. The van der Waals surface area contributed by atoms with E-state index in [0.717, 1.165) is 17.8 Å². The first-order chi connectivity index (χ1) is 6.70. The third-order valence-electron chi connectivity index (χ3n) is 2.28. The number of non-ortho nitro benzene ring substituents is 1. The van der Waals surface area contributed by atoms with Crippen molar-refractivity contribution in [3.05, 3.63) is 28.3 Å². The number of anilines is 2. The average molecular weight is 193 g/mol. The Bertz CT molecular complexity index is 378. The summed E-state index contributed by atoms with van der Waals surface area (Å²) in [5.41, 5.74) is 1.86. The lowest BCUT2D eigenvalue weighted by Crippen LogP contribution is -2.20. The van der Waals surface area contributed by atoms with Crippen LogP contribution in [-0.4, -0.2) is 11.1 Å². The van der Waals surface area contributed by atoms with Gasteiger partial charge in [-0.3, -0.25) is 10.1 Å². The number of fused-ring (bicyclic) bond motifs is 1. The van der Waals surface area contributed by atoms with Crippen molar-refractivity contribution < 1.29 is 4.92 Å². The molecule has 1 aliphatic rings. The van der Waals surface area contributed by atoms with Crippen LogP contribution in [0.5, 0.6) is 0 Å². The summed E-state index contributed by atoms with van der Waals surface area (Å²) in [6, 6.07) is 4.79. The minimum atomic E-state index is -0.388. The van der Waals surface area contributed by atoms with Crippen molar-refractivity contribution >= 4 is 17.1 Å². The van der Waals surface area contributed by atoms with E-state index >= 15 is 0 Å². The van der Waals surface area contributed by atoms with Crippen LogP contribution in [0.1, 0.15) is 13.3 Å². The molecule has 1 unspecified atom stereocenters. The zero-order valence-corrected chi connectivity index (χ0v) is 7.78. The fourth-order valence-electron chi connectivity index (χ4n) is 1.51. The summed E-state index contributed by atoms with van der Waals surface area (Å²) in [6.07, 6.45) is 1.12. The van der Waals surface area contributed by atoms with Gasteiger partial charge in [0.1, 0.15) is 0 Å². The lowest BCUT2D eigenvalue weighted by atomic mass is 10.2. The van der Waals surface area contributed by atoms with Crippen molar-refractivity contribution in [2.24, 2.45) is 0 Å². The van der Waals surface area contributed by atoms with Crippen LogP contribution in [0.25, 0.3) is 0 Å². The lowest BCUT2D eigenvalue weighted by molar-refractivity contribution is -0.384. The van der Waals surface area contributed by atoms with E-state index in [1.807, 2.05) is 6.92 Å². The highest BCUT2D eigenvalue weighted by Crippen LogP contribution is 2.32. The molecule has 0 aromatic heterocycles. The predicted molar refractivity (Wildman–Crippen MR) is 54.4 cm³/mol. The molecule has 1 aromatic rings. The Kier molecular flexibility index (Phi) is 1.99. The zero-order chi connectivity index (χ0) is 10.1. The summed E-state index contributed by atoms with van der Waals surface area (Å²) in [5, 5.41) is 16.9. The van der Waals surface area contributed by atoms with E-state index in [2.05, 4.69) is 10.6 Å². The van der Waals surface area contributed by atoms with Crippen molar-refractivity contribution in [3.63, 3.8) is 0 Å². The molecular weight excluding hydrogens is 182 g/mol. The molecule has 0 bridgehead atoms. The number of hydrogen-bond donors (Lipinski definition) is 2. The van der Waals surface area contributed by atoms with Gasteiger partial charge in [-0.05, 0) is 12.5 Å². The molecule has 0 aliphatic carbocycles. The largest absolute Gasteiger partial charge is 0.364 e. The van der Waals surface area contributed by atoms with Crippen molar-refractivity contribution in [1.82, 2.24) is 0 Å². The second-order valence-corrected chi connectivity index (χ2v) is 3.24. The molecule has 1 atom stereocenters. The van der Waals surface area contributed by atoms with Crippen molar-refractivity contribution in [3.8, 4) is 0 Å². The van der Waals surface area contributed by atoms with E-state index in [-0.39, 0.29) is 16.8 Å². The van der Waals surface area contributed by atoms with Gasteiger partial charge >= 0.3 is 0 Å². The molecule has 1 heterocycles. The molecule has 0 radical (unpaired) electrons. The van der Waals surface area contributed by atoms with Gasteiger partial charge in [0, 0.05) is 12.1 Å². The number of nitrogens with one attached hydrogen (secondary N) is 2. The Labute approximate surface area is 81.3 Å². The smallest absolute Gasteiger partial charge is 0.271 e. The molecule has 0 saturated heterocycles. The maximum atomic E-state index is 10.5. The molecule has 2 rings (SSSR count). The standard InChI is InChI=1S/C9H11N3O2/c1-2-9-10-7-4-3-6(12(13)14)5-8(7)11-9/h3-5,9-11H,2H2,1H3. The van der Waals surface area contributed by atoms with Gasteiger partial charge in [-0.15, -0.1) is 0 Å². The molecule has 5 nitrogen and oxygen atoms in total. The van der Waals surface area contributed by atoms with Crippen LogP contribution < -0.4 is 10.6 Å². The Morgan fingerprint density at radius 3 is 2.79 bits per heavy atom. The van der Waals surface area contributed by atoms with Crippen LogP contribution in [-0.2, 0) is 0 Å². The van der Waals surface area contributed by atoms with Gasteiger partial charge in [0.2, 0.25) is 0 Å². The summed E-state index contributed by atoms with van der Waals surface area (Å²) in [5.74, 6) is 0. The number of nitrogens with zero attached hydrogens (tertiary/aromatic N) is 1. The van der Waals surface area contributed by atoms with Gasteiger partial charge < -0.3 is 10.6 Å². The van der Waals surface area contributed by atoms with Crippen LogP contribution in [0.2, 0.25) is 0 Å². The molecule has 1 aromatic carbocycles. The Hall–Kier alpha value is -1.78. The van der Waals surface area contributed by atoms with E-state index in [9.17, 15) is 10.1 Å². The van der Waals surface area contributed by atoms with Crippen molar-refractivity contribution in [2.75, 3.05) is 10.6 Å². The highest BCUT2D eigenvalue weighted by molar-refractivity contribution is 5.76. The molecule has 0 amide bonds. The molecule has 0 spiro atoms. The normalized spacial score (nSPS) is 18.2. The summed E-state index contributed by atoms with van der Waals surface area (Å²) >= 11 is 0. The Morgan fingerprint density at radius 1 is 1.43 bits per heavy atom. The molecule has 0 saturated carbocycles. The number of benzene rings is 1. The van der Waals surface area contributed by atoms with Gasteiger partial charge in [0.25, 0.3) is 5.69 Å². The summed E-state index contributed by atoms with van der Waals surface area (Å²) in [7, 11) is 0. The van der Waals surface area contributed by atoms with Crippen LogP contribution in [0, 0.1) is 10.1 Å². The molecule has 74 valence electrons. The van der Waals surface area contributed by atoms with Gasteiger partial charge in [-0.2, -0.15) is 0 Å². The van der Waals surface area contributed by atoms with E-state index in [1.54, 1.807) is 12.1 Å². The van der Waals surface area contributed by atoms with Crippen LogP contribution in [0.15, 0.2) is 18.2 Å². The number of rotatable bonds is 2. The van der Waals surface area contributed by atoms with Gasteiger partial charge in [0.15, 0.2) is 0 Å². The van der Waals surface area contributed by atoms with Crippen LogP contribution in [0.3, 0.4) is 0 Å². The van der Waals surface area contributed by atoms with Crippen molar-refractivity contribution in [2.45, 2.75) is 19.5 Å². The number of hydrogen-bond acceptors (Lipinski definition) is 4. The van der Waals surface area contributed by atoms with E-state index in [1.165, 1.54) is 6.07 Å².